The second-order valence-corrected chi connectivity index (χ2v) is 7.16. The number of rotatable bonds is 4. The summed E-state index contributed by atoms with van der Waals surface area (Å²) in [6.45, 7) is 3.08. The van der Waals surface area contributed by atoms with E-state index < -0.39 is 0 Å². The van der Waals surface area contributed by atoms with Crippen molar-refractivity contribution in [2.75, 3.05) is 0 Å². The minimum absolute atomic E-state index is 0.371. The maximum atomic E-state index is 3.52. The van der Waals surface area contributed by atoms with Crippen molar-refractivity contribution in [2.24, 2.45) is 0 Å². The van der Waals surface area contributed by atoms with Crippen LogP contribution in [0.3, 0.4) is 0 Å². The molecule has 0 aliphatic heterocycles. The summed E-state index contributed by atoms with van der Waals surface area (Å²) in [6, 6.07) is 13.0. The summed E-state index contributed by atoms with van der Waals surface area (Å²) in [5.41, 5.74) is 1.32. The molecule has 0 saturated heterocycles. The molecule has 0 spiro atoms. The van der Waals surface area contributed by atoms with Crippen molar-refractivity contribution in [1.82, 2.24) is 5.32 Å². The van der Waals surface area contributed by atoms with Gasteiger partial charge in [-0.3, -0.25) is 0 Å². The summed E-state index contributed by atoms with van der Waals surface area (Å²) in [7, 11) is 0. The molecule has 1 aromatic heterocycles. The zero-order valence-electron chi connectivity index (χ0n) is 9.41. The molecule has 0 bridgehead atoms. The van der Waals surface area contributed by atoms with E-state index in [1.807, 2.05) is 6.07 Å². The van der Waals surface area contributed by atoms with Gasteiger partial charge in [0.25, 0.3) is 0 Å². The summed E-state index contributed by atoms with van der Waals surface area (Å²) >= 11 is 8.77. The molecule has 0 amide bonds. The monoisotopic (exact) mass is 373 g/mol. The lowest BCUT2D eigenvalue weighted by Crippen LogP contribution is -2.17. The third-order valence-electron chi connectivity index (χ3n) is 2.58. The summed E-state index contributed by atoms with van der Waals surface area (Å²) in [5.74, 6) is 0. The van der Waals surface area contributed by atoms with Crippen LogP contribution >= 0.6 is 43.2 Å². The fraction of sp³-hybridized carbons (Fsp3) is 0.231. The van der Waals surface area contributed by atoms with Gasteiger partial charge < -0.3 is 5.32 Å². The van der Waals surface area contributed by atoms with Crippen LogP contribution in [0.25, 0.3) is 0 Å². The molecule has 1 N–H and O–H groups in total. The second kappa shape index (κ2) is 6.14. The molecule has 1 heterocycles. The zero-order chi connectivity index (χ0) is 12.3. The third kappa shape index (κ3) is 3.65. The molecule has 0 aliphatic rings. The topological polar surface area (TPSA) is 12.0 Å². The first kappa shape index (κ1) is 13.3. The summed E-state index contributed by atoms with van der Waals surface area (Å²) in [4.78, 5) is 1.33. The molecule has 0 fully saturated rings. The molecule has 0 aliphatic carbocycles. The van der Waals surface area contributed by atoms with Crippen LogP contribution in [0, 0.1) is 0 Å². The minimum atomic E-state index is 0.371. The molecule has 17 heavy (non-hydrogen) atoms. The molecular formula is C13H13Br2NS. The number of nitrogens with one attached hydrogen (secondary N) is 1. The maximum Gasteiger partial charge on any atom is 0.0843 e. The molecule has 1 nitrogen and oxygen atoms in total. The van der Waals surface area contributed by atoms with E-state index in [-0.39, 0.29) is 0 Å². The van der Waals surface area contributed by atoms with Crippen LogP contribution in [-0.2, 0) is 6.54 Å². The van der Waals surface area contributed by atoms with Crippen molar-refractivity contribution in [2.45, 2.75) is 19.5 Å². The molecule has 90 valence electrons. The predicted molar refractivity (Wildman–Crippen MR) is 81.4 cm³/mol. The minimum Gasteiger partial charge on any atom is -0.305 e. The van der Waals surface area contributed by atoms with Crippen LogP contribution in [0.15, 0.2) is 44.7 Å². The van der Waals surface area contributed by atoms with Gasteiger partial charge in [0, 0.05) is 21.9 Å². The lowest BCUT2D eigenvalue weighted by Gasteiger charge is -2.13. The van der Waals surface area contributed by atoms with Gasteiger partial charge in [-0.1, -0.05) is 30.3 Å². The van der Waals surface area contributed by atoms with Gasteiger partial charge in [0.1, 0.15) is 0 Å². The first-order valence-corrected chi connectivity index (χ1v) is 7.79. The second-order valence-electron chi connectivity index (χ2n) is 3.85. The summed E-state index contributed by atoms with van der Waals surface area (Å²) < 4.78 is 2.29. The number of hydrogen-bond donors (Lipinski definition) is 1. The molecule has 1 unspecified atom stereocenters. The first-order chi connectivity index (χ1) is 8.16. The highest BCUT2D eigenvalue weighted by Gasteiger charge is 2.07. The van der Waals surface area contributed by atoms with Crippen LogP contribution < -0.4 is 5.32 Å². The molecule has 0 radical (unpaired) electrons. The van der Waals surface area contributed by atoms with Gasteiger partial charge >= 0.3 is 0 Å². The van der Waals surface area contributed by atoms with Crippen LogP contribution in [0.4, 0.5) is 0 Å². The standard InChI is InChI=1S/C13H13Br2NS/c1-9(10-5-3-2-4-6-10)16-8-11-7-12(14)13(15)17-11/h2-7,9,16H,8H2,1H3. The summed E-state index contributed by atoms with van der Waals surface area (Å²) in [6.07, 6.45) is 0. The van der Waals surface area contributed by atoms with Gasteiger partial charge in [-0.05, 0) is 50.4 Å². The van der Waals surface area contributed by atoms with Gasteiger partial charge in [-0.2, -0.15) is 0 Å². The van der Waals surface area contributed by atoms with E-state index in [4.69, 9.17) is 0 Å². The SMILES string of the molecule is CC(NCc1cc(Br)c(Br)s1)c1ccccc1. The lowest BCUT2D eigenvalue weighted by molar-refractivity contribution is 0.579. The van der Waals surface area contributed by atoms with Gasteiger partial charge in [0.15, 0.2) is 0 Å². The molecule has 4 heteroatoms. The van der Waals surface area contributed by atoms with E-state index in [1.165, 1.54) is 10.4 Å². The smallest absolute Gasteiger partial charge is 0.0843 e. The van der Waals surface area contributed by atoms with Crippen molar-refractivity contribution in [3.63, 3.8) is 0 Å². The van der Waals surface area contributed by atoms with E-state index in [2.05, 4.69) is 74.4 Å². The van der Waals surface area contributed by atoms with E-state index in [0.29, 0.717) is 6.04 Å². The van der Waals surface area contributed by atoms with Crippen LogP contribution in [0.2, 0.25) is 0 Å². The average molecular weight is 375 g/mol. The van der Waals surface area contributed by atoms with E-state index >= 15 is 0 Å². The Morgan fingerprint density at radius 1 is 1.24 bits per heavy atom. The molecule has 0 saturated carbocycles. The Hall–Kier alpha value is -0.160. The van der Waals surface area contributed by atoms with Gasteiger partial charge in [0.05, 0.1) is 3.79 Å². The fourth-order valence-corrected chi connectivity index (χ4v) is 3.72. The number of halogens is 2. The highest BCUT2D eigenvalue weighted by Crippen LogP contribution is 2.32. The van der Waals surface area contributed by atoms with E-state index in [9.17, 15) is 0 Å². The Morgan fingerprint density at radius 3 is 2.53 bits per heavy atom. The van der Waals surface area contributed by atoms with Gasteiger partial charge in [-0.15, -0.1) is 11.3 Å². The van der Waals surface area contributed by atoms with Crippen LogP contribution in [0.5, 0.6) is 0 Å². The van der Waals surface area contributed by atoms with E-state index in [1.54, 1.807) is 11.3 Å². The Bertz CT molecular complexity index is 462. The van der Waals surface area contributed by atoms with E-state index in [0.717, 1.165) is 14.8 Å². The highest BCUT2D eigenvalue weighted by atomic mass is 79.9. The van der Waals surface area contributed by atoms with Gasteiger partial charge in [-0.25, -0.2) is 0 Å². The number of thiophene rings is 1. The Morgan fingerprint density at radius 2 is 1.94 bits per heavy atom. The third-order valence-corrected chi connectivity index (χ3v) is 5.83. The van der Waals surface area contributed by atoms with Crippen molar-refractivity contribution >= 4 is 43.2 Å². The zero-order valence-corrected chi connectivity index (χ0v) is 13.4. The van der Waals surface area contributed by atoms with Crippen LogP contribution in [0.1, 0.15) is 23.4 Å². The number of benzene rings is 1. The van der Waals surface area contributed by atoms with Crippen molar-refractivity contribution in [3.05, 3.63) is 55.1 Å². The largest absolute Gasteiger partial charge is 0.305 e. The maximum absolute atomic E-state index is 3.52. The first-order valence-electron chi connectivity index (χ1n) is 5.39. The predicted octanol–water partition coefficient (Wildman–Crippen LogP) is 5.12. The highest BCUT2D eigenvalue weighted by molar-refractivity contribution is 9.13. The van der Waals surface area contributed by atoms with Crippen LogP contribution in [-0.4, -0.2) is 0 Å². The molecule has 1 atom stereocenters. The molecular weight excluding hydrogens is 362 g/mol. The molecule has 2 aromatic rings. The van der Waals surface area contributed by atoms with Crippen molar-refractivity contribution < 1.29 is 0 Å². The lowest BCUT2D eigenvalue weighted by atomic mass is 10.1. The average Bonchev–Trinajstić information content (AvgIpc) is 2.67. The Kier molecular flexibility index (Phi) is 4.79. The summed E-state index contributed by atoms with van der Waals surface area (Å²) in [5, 5.41) is 3.52. The van der Waals surface area contributed by atoms with Crippen molar-refractivity contribution in [1.29, 1.82) is 0 Å². The normalized spacial score (nSPS) is 12.6. The fourth-order valence-electron chi connectivity index (χ4n) is 1.59. The molecule has 2 rings (SSSR count). The van der Waals surface area contributed by atoms with Crippen molar-refractivity contribution in [3.8, 4) is 0 Å². The molecule has 1 aromatic carbocycles. The Balaban J connectivity index is 1.94. The number of hydrogen-bond acceptors (Lipinski definition) is 2. The Labute approximate surface area is 123 Å². The van der Waals surface area contributed by atoms with Gasteiger partial charge in [0.2, 0.25) is 0 Å². The quantitative estimate of drug-likeness (QED) is 0.782.